The first-order valence-electron chi connectivity index (χ1n) is 8.73. The second kappa shape index (κ2) is 7.12. The molecule has 2 aromatic carbocycles. The third-order valence-corrected chi connectivity index (χ3v) is 4.42. The van der Waals surface area contributed by atoms with Gasteiger partial charge in [-0.1, -0.05) is 0 Å². The number of methoxy groups -OCH3 is 1. The van der Waals surface area contributed by atoms with E-state index >= 15 is 0 Å². The summed E-state index contributed by atoms with van der Waals surface area (Å²) in [6.07, 6.45) is 1.57. The Hall–Kier alpha value is -4.14. The Morgan fingerprint density at radius 1 is 1.14 bits per heavy atom. The topological polar surface area (TPSA) is 128 Å². The zero-order valence-electron chi connectivity index (χ0n) is 15.8. The van der Waals surface area contributed by atoms with Crippen LogP contribution in [0.4, 0.5) is 11.5 Å². The number of fused-ring (bicyclic) bond motifs is 1. The number of ether oxygens (including phenoxy) is 1. The number of aryl methyl sites for hydroxylation is 1. The largest absolute Gasteiger partial charge is 0.465 e. The van der Waals surface area contributed by atoms with Gasteiger partial charge in [0.1, 0.15) is 11.6 Å². The summed E-state index contributed by atoms with van der Waals surface area (Å²) in [5.74, 6) is 0.406. The van der Waals surface area contributed by atoms with Gasteiger partial charge in [-0.3, -0.25) is 4.79 Å². The molecule has 2 aromatic heterocycles. The Morgan fingerprint density at radius 3 is 2.55 bits per heavy atom. The standard InChI is InChI=1S/C20H18N6O3/c1-26-10-16(21)25-18(26)19(27)22-13-6-3-11(4-7-13)17-23-14-8-5-12(20(28)29-2)9-15(14)24-17/h3-10H,21H2,1-2H3,(H,22,27)(H,23,24). The number of esters is 1. The molecule has 0 fully saturated rings. The van der Waals surface area contributed by atoms with Crippen molar-refractivity contribution in [1.82, 2.24) is 19.5 Å². The maximum Gasteiger partial charge on any atom is 0.337 e. The van der Waals surface area contributed by atoms with Crippen LogP contribution < -0.4 is 11.1 Å². The van der Waals surface area contributed by atoms with Gasteiger partial charge in [0.15, 0.2) is 0 Å². The minimum Gasteiger partial charge on any atom is -0.465 e. The lowest BCUT2D eigenvalue weighted by atomic mass is 10.2. The second-order valence-electron chi connectivity index (χ2n) is 6.44. The van der Waals surface area contributed by atoms with Crippen LogP contribution in [-0.4, -0.2) is 38.5 Å². The number of benzene rings is 2. The van der Waals surface area contributed by atoms with Gasteiger partial charge < -0.3 is 25.3 Å². The van der Waals surface area contributed by atoms with E-state index in [2.05, 4.69) is 20.3 Å². The van der Waals surface area contributed by atoms with Crippen molar-refractivity contribution in [2.45, 2.75) is 0 Å². The van der Waals surface area contributed by atoms with E-state index in [4.69, 9.17) is 10.5 Å². The number of nitrogens with one attached hydrogen (secondary N) is 2. The van der Waals surface area contributed by atoms with Gasteiger partial charge in [0.05, 0.1) is 23.7 Å². The van der Waals surface area contributed by atoms with Crippen LogP contribution in [0.3, 0.4) is 0 Å². The second-order valence-corrected chi connectivity index (χ2v) is 6.44. The van der Waals surface area contributed by atoms with E-state index in [-0.39, 0.29) is 17.5 Å². The van der Waals surface area contributed by atoms with Crippen molar-refractivity contribution in [1.29, 1.82) is 0 Å². The highest BCUT2D eigenvalue weighted by Gasteiger charge is 2.14. The summed E-state index contributed by atoms with van der Waals surface area (Å²) in [4.78, 5) is 35.7. The van der Waals surface area contributed by atoms with Crippen LogP contribution in [0.2, 0.25) is 0 Å². The van der Waals surface area contributed by atoms with Gasteiger partial charge in [-0.2, -0.15) is 0 Å². The van der Waals surface area contributed by atoms with Crippen LogP contribution in [-0.2, 0) is 11.8 Å². The number of aromatic amines is 1. The maximum absolute atomic E-state index is 12.3. The molecule has 0 aliphatic heterocycles. The highest BCUT2D eigenvalue weighted by molar-refractivity contribution is 6.02. The molecule has 0 unspecified atom stereocenters. The molecule has 0 saturated carbocycles. The molecule has 9 nitrogen and oxygen atoms in total. The molecule has 29 heavy (non-hydrogen) atoms. The lowest BCUT2D eigenvalue weighted by Crippen LogP contribution is -2.16. The monoisotopic (exact) mass is 390 g/mol. The molecule has 0 saturated heterocycles. The molecule has 1 amide bonds. The Morgan fingerprint density at radius 2 is 1.90 bits per heavy atom. The van der Waals surface area contributed by atoms with Crippen LogP contribution in [0, 0.1) is 0 Å². The van der Waals surface area contributed by atoms with Gasteiger partial charge in [-0.15, -0.1) is 0 Å². The Balaban J connectivity index is 1.55. The summed E-state index contributed by atoms with van der Waals surface area (Å²) in [5.41, 5.74) is 8.97. The Bertz CT molecular complexity index is 1220. The highest BCUT2D eigenvalue weighted by Crippen LogP contribution is 2.23. The zero-order chi connectivity index (χ0) is 20.5. The van der Waals surface area contributed by atoms with Gasteiger partial charge in [0.2, 0.25) is 5.82 Å². The van der Waals surface area contributed by atoms with Crippen LogP contribution in [0.1, 0.15) is 21.0 Å². The predicted octanol–water partition coefficient (Wildman–Crippen LogP) is 2.58. The number of anilines is 2. The van der Waals surface area contributed by atoms with Gasteiger partial charge in [-0.25, -0.2) is 14.8 Å². The van der Waals surface area contributed by atoms with E-state index < -0.39 is 5.97 Å². The number of hydrogen-bond donors (Lipinski definition) is 3. The van der Waals surface area contributed by atoms with Crippen LogP contribution in [0.5, 0.6) is 0 Å². The van der Waals surface area contributed by atoms with Crippen LogP contribution >= 0.6 is 0 Å². The normalized spacial score (nSPS) is 10.8. The number of nitrogens with zero attached hydrogens (tertiary/aromatic N) is 3. The van der Waals surface area contributed by atoms with Crippen molar-refractivity contribution in [2.24, 2.45) is 7.05 Å². The number of rotatable bonds is 4. The van der Waals surface area contributed by atoms with Crippen LogP contribution in [0.15, 0.2) is 48.7 Å². The van der Waals surface area contributed by atoms with Crippen molar-refractivity contribution in [3.05, 3.63) is 60.0 Å². The van der Waals surface area contributed by atoms with E-state index in [0.29, 0.717) is 17.1 Å². The molecule has 4 aromatic rings. The number of carbonyl (C=O) groups is 2. The number of hydrogen-bond acceptors (Lipinski definition) is 6. The Labute approximate surface area is 165 Å². The molecule has 0 spiro atoms. The molecule has 0 atom stereocenters. The third-order valence-electron chi connectivity index (χ3n) is 4.42. The molecule has 0 radical (unpaired) electrons. The average Bonchev–Trinajstić information content (AvgIpc) is 3.29. The van der Waals surface area contributed by atoms with Crippen molar-refractivity contribution in [2.75, 3.05) is 18.2 Å². The predicted molar refractivity (Wildman–Crippen MR) is 108 cm³/mol. The number of imidazole rings is 2. The van der Waals surface area contributed by atoms with Crippen molar-refractivity contribution in [3.8, 4) is 11.4 Å². The summed E-state index contributed by atoms with van der Waals surface area (Å²) in [5, 5.41) is 2.78. The highest BCUT2D eigenvalue weighted by atomic mass is 16.5. The molecule has 4 N–H and O–H groups in total. The summed E-state index contributed by atoms with van der Waals surface area (Å²) in [6.45, 7) is 0. The lowest BCUT2D eigenvalue weighted by Gasteiger charge is -2.05. The SMILES string of the molecule is COC(=O)c1ccc2nc(-c3ccc(NC(=O)c4nc(N)cn4C)cc3)[nH]c2c1. The van der Waals surface area contributed by atoms with Gasteiger partial charge in [0, 0.05) is 24.5 Å². The zero-order valence-corrected chi connectivity index (χ0v) is 15.8. The smallest absolute Gasteiger partial charge is 0.337 e. The molecule has 4 rings (SSSR count). The summed E-state index contributed by atoms with van der Waals surface area (Å²) in [6, 6.07) is 12.3. The maximum atomic E-state index is 12.3. The fourth-order valence-electron chi connectivity index (χ4n) is 2.99. The summed E-state index contributed by atoms with van der Waals surface area (Å²) < 4.78 is 6.31. The molecule has 0 bridgehead atoms. The first-order chi connectivity index (χ1) is 13.9. The first kappa shape index (κ1) is 18.2. The Kier molecular flexibility index (Phi) is 4.47. The van der Waals surface area contributed by atoms with Crippen molar-refractivity contribution < 1.29 is 14.3 Å². The molecular weight excluding hydrogens is 372 g/mol. The molecular formula is C20H18N6O3. The van der Waals surface area contributed by atoms with Crippen molar-refractivity contribution in [3.63, 3.8) is 0 Å². The van der Waals surface area contributed by atoms with Gasteiger partial charge in [-0.05, 0) is 42.5 Å². The first-order valence-corrected chi connectivity index (χ1v) is 8.73. The third kappa shape index (κ3) is 3.53. The quantitative estimate of drug-likeness (QED) is 0.460. The number of H-pyrrole nitrogens is 1. The fraction of sp³-hybridized carbons (Fsp3) is 0.100. The molecule has 9 heteroatoms. The minimum atomic E-state index is -0.405. The molecule has 0 aliphatic rings. The minimum absolute atomic E-state index is 0.227. The molecule has 0 aliphatic carbocycles. The van der Waals surface area contributed by atoms with E-state index in [1.54, 1.807) is 48.1 Å². The van der Waals surface area contributed by atoms with Gasteiger partial charge in [0.25, 0.3) is 5.91 Å². The van der Waals surface area contributed by atoms with E-state index in [1.165, 1.54) is 7.11 Å². The number of amides is 1. The molecule has 146 valence electrons. The van der Waals surface area contributed by atoms with E-state index in [0.717, 1.165) is 16.6 Å². The number of nitrogen functional groups attached to an aromatic ring is 1. The van der Waals surface area contributed by atoms with Gasteiger partial charge >= 0.3 is 5.97 Å². The van der Waals surface area contributed by atoms with E-state index in [9.17, 15) is 9.59 Å². The number of nitrogens with two attached hydrogens (primary N) is 1. The van der Waals surface area contributed by atoms with Crippen molar-refractivity contribution >= 4 is 34.4 Å². The van der Waals surface area contributed by atoms with Crippen LogP contribution in [0.25, 0.3) is 22.4 Å². The summed E-state index contributed by atoms with van der Waals surface area (Å²) >= 11 is 0. The molecule has 2 heterocycles. The summed E-state index contributed by atoms with van der Waals surface area (Å²) in [7, 11) is 3.04. The number of carbonyl (C=O) groups excluding carboxylic acids is 2. The average molecular weight is 390 g/mol. The lowest BCUT2D eigenvalue weighted by molar-refractivity contribution is 0.0600. The van der Waals surface area contributed by atoms with E-state index in [1.807, 2.05) is 12.1 Å². The number of aromatic nitrogens is 4. The fourth-order valence-corrected chi connectivity index (χ4v) is 2.99.